The maximum atomic E-state index is 11.8. The fraction of sp³-hybridized carbons (Fsp3) is 0.929. The molecule has 1 unspecified atom stereocenters. The SMILES string of the molecule is CCCOC(=O)C(C)N1CCC(CC)(CO)CC1. The molecule has 1 saturated heterocycles. The van der Waals surface area contributed by atoms with Crippen molar-refractivity contribution < 1.29 is 14.6 Å². The number of hydrogen-bond acceptors (Lipinski definition) is 4. The summed E-state index contributed by atoms with van der Waals surface area (Å²) in [4.78, 5) is 14.0. The maximum Gasteiger partial charge on any atom is 0.323 e. The van der Waals surface area contributed by atoms with Gasteiger partial charge >= 0.3 is 5.97 Å². The molecular formula is C14H27NO3. The van der Waals surface area contributed by atoms with Crippen molar-refractivity contribution in [3.05, 3.63) is 0 Å². The fourth-order valence-corrected chi connectivity index (χ4v) is 2.48. The minimum Gasteiger partial charge on any atom is -0.465 e. The van der Waals surface area contributed by atoms with E-state index in [-0.39, 0.29) is 24.0 Å². The van der Waals surface area contributed by atoms with Gasteiger partial charge in [0.05, 0.1) is 6.61 Å². The van der Waals surface area contributed by atoms with Gasteiger partial charge in [0.15, 0.2) is 0 Å². The standard InChI is InChI=1S/C14H27NO3/c1-4-10-18-13(17)12(3)15-8-6-14(5-2,11-16)7-9-15/h12,16H,4-11H2,1-3H3. The minimum absolute atomic E-state index is 0.0730. The molecule has 18 heavy (non-hydrogen) atoms. The molecule has 0 aromatic heterocycles. The second kappa shape index (κ2) is 7.10. The zero-order valence-electron chi connectivity index (χ0n) is 11.9. The van der Waals surface area contributed by atoms with Crippen molar-refractivity contribution in [2.24, 2.45) is 5.41 Å². The lowest BCUT2D eigenvalue weighted by atomic mass is 9.77. The molecule has 0 radical (unpaired) electrons. The molecule has 1 fully saturated rings. The molecule has 4 nitrogen and oxygen atoms in total. The van der Waals surface area contributed by atoms with Gasteiger partial charge in [-0.25, -0.2) is 0 Å². The van der Waals surface area contributed by atoms with Crippen LogP contribution in [0.15, 0.2) is 0 Å². The third-order valence-corrected chi connectivity index (χ3v) is 4.28. The largest absolute Gasteiger partial charge is 0.465 e. The van der Waals surface area contributed by atoms with E-state index in [1.807, 2.05) is 13.8 Å². The van der Waals surface area contributed by atoms with Crippen LogP contribution in [-0.2, 0) is 9.53 Å². The summed E-state index contributed by atoms with van der Waals surface area (Å²) in [6, 6.07) is -0.162. The molecule has 106 valence electrons. The molecule has 0 aromatic rings. The number of hydrogen-bond donors (Lipinski definition) is 1. The number of carbonyl (C=O) groups is 1. The van der Waals surface area contributed by atoms with Gasteiger partial charge in [-0.1, -0.05) is 13.8 Å². The fourth-order valence-electron chi connectivity index (χ4n) is 2.48. The molecule has 0 aromatic carbocycles. The number of nitrogens with zero attached hydrogens (tertiary/aromatic N) is 1. The molecule has 1 rings (SSSR count). The van der Waals surface area contributed by atoms with Crippen LogP contribution < -0.4 is 0 Å². The Balaban J connectivity index is 2.44. The number of aliphatic hydroxyl groups excluding tert-OH is 1. The van der Waals surface area contributed by atoms with E-state index in [0.29, 0.717) is 6.61 Å². The van der Waals surface area contributed by atoms with Crippen LogP contribution in [0.1, 0.15) is 46.5 Å². The highest BCUT2D eigenvalue weighted by Gasteiger charge is 2.35. The number of carbonyl (C=O) groups excluding carboxylic acids is 1. The molecule has 0 bridgehead atoms. The summed E-state index contributed by atoms with van der Waals surface area (Å²) >= 11 is 0. The predicted molar refractivity (Wildman–Crippen MR) is 71.3 cm³/mol. The average Bonchev–Trinajstić information content (AvgIpc) is 2.44. The van der Waals surface area contributed by atoms with Crippen LogP contribution in [0.4, 0.5) is 0 Å². The summed E-state index contributed by atoms with van der Waals surface area (Å²) in [5.41, 5.74) is 0.0730. The highest BCUT2D eigenvalue weighted by atomic mass is 16.5. The zero-order valence-corrected chi connectivity index (χ0v) is 11.9. The molecule has 0 saturated carbocycles. The highest BCUT2D eigenvalue weighted by Crippen LogP contribution is 2.34. The topological polar surface area (TPSA) is 49.8 Å². The molecule has 1 aliphatic heterocycles. The predicted octanol–water partition coefficient (Wildman–Crippen LogP) is 1.81. The first-order chi connectivity index (χ1) is 8.58. The first-order valence-corrected chi connectivity index (χ1v) is 7.10. The molecule has 1 aliphatic rings. The Kier molecular flexibility index (Phi) is 6.09. The molecule has 4 heteroatoms. The van der Waals surface area contributed by atoms with Crippen LogP contribution >= 0.6 is 0 Å². The molecule has 1 N–H and O–H groups in total. The second-order valence-electron chi connectivity index (χ2n) is 5.39. The van der Waals surface area contributed by atoms with E-state index < -0.39 is 0 Å². The lowest BCUT2D eigenvalue weighted by molar-refractivity contribution is -0.150. The van der Waals surface area contributed by atoms with Crippen LogP contribution in [-0.4, -0.2) is 48.3 Å². The quantitative estimate of drug-likeness (QED) is 0.737. The van der Waals surface area contributed by atoms with Gasteiger partial charge < -0.3 is 9.84 Å². The summed E-state index contributed by atoms with van der Waals surface area (Å²) in [6.45, 7) is 8.54. The van der Waals surface area contributed by atoms with Crippen molar-refractivity contribution in [2.75, 3.05) is 26.3 Å². The molecule has 1 heterocycles. The third kappa shape index (κ3) is 3.69. The van der Waals surface area contributed by atoms with E-state index in [4.69, 9.17) is 4.74 Å². The van der Waals surface area contributed by atoms with Gasteiger partial charge in [-0.2, -0.15) is 0 Å². The van der Waals surface area contributed by atoms with Gasteiger partial charge in [-0.05, 0) is 51.1 Å². The van der Waals surface area contributed by atoms with Gasteiger partial charge in [-0.3, -0.25) is 9.69 Å². The summed E-state index contributed by atoms with van der Waals surface area (Å²) in [6.07, 6.45) is 3.80. The van der Waals surface area contributed by atoms with Crippen molar-refractivity contribution in [1.29, 1.82) is 0 Å². The van der Waals surface area contributed by atoms with Crippen molar-refractivity contribution in [3.63, 3.8) is 0 Å². The van der Waals surface area contributed by atoms with Gasteiger partial charge in [-0.15, -0.1) is 0 Å². The average molecular weight is 257 g/mol. The Morgan fingerprint density at radius 3 is 2.44 bits per heavy atom. The Morgan fingerprint density at radius 1 is 1.39 bits per heavy atom. The number of rotatable bonds is 6. The number of aliphatic hydroxyl groups is 1. The van der Waals surface area contributed by atoms with Crippen LogP contribution in [0.2, 0.25) is 0 Å². The minimum atomic E-state index is -0.162. The molecule has 0 spiro atoms. The summed E-state index contributed by atoms with van der Waals surface area (Å²) < 4.78 is 5.18. The number of piperidine rings is 1. The highest BCUT2D eigenvalue weighted by molar-refractivity contribution is 5.75. The molecule has 0 amide bonds. The smallest absolute Gasteiger partial charge is 0.323 e. The molecule has 1 atom stereocenters. The zero-order chi connectivity index (χ0) is 13.6. The number of likely N-dealkylation sites (tertiary alicyclic amines) is 1. The van der Waals surface area contributed by atoms with E-state index in [1.165, 1.54) is 0 Å². The van der Waals surface area contributed by atoms with Crippen molar-refractivity contribution in [2.45, 2.75) is 52.5 Å². The van der Waals surface area contributed by atoms with E-state index in [1.54, 1.807) is 0 Å². The van der Waals surface area contributed by atoms with Crippen LogP contribution in [0.5, 0.6) is 0 Å². The Bertz CT molecular complexity index is 254. The first-order valence-electron chi connectivity index (χ1n) is 7.10. The first kappa shape index (κ1) is 15.4. The van der Waals surface area contributed by atoms with Gasteiger partial charge in [0.1, 0.15) is 6.04 Å². The summed E-state index contributed by atoms with van der Waals surface area (Å²) in [7, 11) is 0. The van der Waals surface area contributed by atoms with Gasteiger partial charge in [0.2, 0.25) is 0 Å². The lowest BCUT2D eigenvalue weighted by Gasteiger charge is -2.41. The summed E-state index contributed by atoms with van der Waals surface area (Å²) in [5, 5.41) is 9.48. The Labute approximate surface area is 110 Å². The number of ether oxygens (including phenoxy) is 1. The van der Waals surface area contributed by atoms with Crippen LogP contribution in [0.3, 0.4) is 0 Å². The van der Waals surface area contributed by atoms with E-state index in [2.05, 4.69) is 11.8 Å². The van der Waals surface area contributed by atoms with Gasteiger partial charge in [0, 0.05) is 6.61 Å². The second-order valence-corrected chi connectivity index (χ2v) is 5.39. The molecular weight excluding hydrogens is 230 g/mol. The van der Waals surface area contributed by atoms with E-state index >= 15 is 0 Å². The monoisotopic (exact) mass is 257 g/mol. The van der Waals surface area contributed by atoms with E-state index in [9.17, 15) is 9.90 Å². The van der Waals surface area contributed by atoms with Crippen LogP contribution in [0, 0.1) is 5.41 Å². The van der Waals surface area contributed by atoms with Crippen molar-refractivity contribution in [3.8, 4) is 0 Å². The normalized spacial score (nSPS) is 21.6. The van der Waals surface area contributed by atoms with Crippen molar-refractivity contribution >= 4 is 5.97 Å². The molecule has 0 aliphatic carbocycles. The Morgan fingerprint density at radius 2 is 2.00 bits per heavy atom. The Hall–Kier alpha value is -0.610. The van der Waals surface area contributed by atoms with Gasteiger partial charge in [0.25, 0.3) is 0 Å². The van der Waals surface area contributed by atoms with Crippen LogP contribution in [0.25, 0.3) is 0 Å². The lowest BCUT2D eigenvalue weighted by Crippen LogP contribution is -2.48. The maximum absolute atomic E-state index is 11.8. The number of esters is 1. The third-order valence-electron chi connectivity index (χ3n) is 4.28. The van der Waals surface area contributed by atoms with E-state index in [0.717, 1.165) is 38.8 Å². The van der Waals surface area contributed by atoms with Crippen molar-refractivity contribution in [1.82, 2.24) is 4.90 Å². The summed E-state index contributed by atoms with van der Waals surface area (Å²) in [5.74, 6) is -0.121.